The zero-order valence-electron chi connectivity index (χ0n) is 9.56. The van der Waals surface area contributed by atoms with E-state index in [4.69, 9.17) is 0 Å². The van der Waals surface area contributed by atoms with Gasteiger partial charge in [-0.1, -0.05) is 0 Å². The van der Waals surface area contributed by atoms with E-state index in [-0.39, 0.29) is 6.04 Å². The summed E-state index contributed by atoms with van der Waals surface area (Å²) in [6, 6.07) is 0.140. The molecule has 0 spiro atoms. The van der Waals surface area contributed by atoms with E-state index in [1.807, 2.05) is 19.2 Å². The van der Waals surface area contributed by atoms with Crippen LogP contribution in [0.3, 0.4) is 0 Å². The maximum absolute atomic E-state index is 4.42. The number of aryl methyl sites for hydroxylation is 2. The van der Waals surface area contributed by atoms with Crippen LogP contribution in [0.15, 0.2) is 17.8 Å². The number of rotatable bonds is 3. The van der Waals surface area contributed by atoms with Crippen LogP contribution in [0, 0.1) is 13.8 Å². The van der Waals surface area contributed by atoms with Gasteiger partial charge in [-0.25, -0.2) is 15.0 Å². The zero-order valence-corrected chi connectivity index (χ0v) is 10.4. The standard InChI is InChI=1S/C11H14N4S/c1-7-4-12-11(13-5-7)15-9(3)10-14-8(2)6-16-10/h4-6,9H,1-3H3,(H,12,13,15). The van der Waals surface area contributed by atoms with Gasteiger partial charge < -0.3 is 5.32 Å². The average Bonchev–Trinajstić information content (AvgIpc) is 2.68. The lowest BCUT2D eigenvalue weighted by molar-refractivity contribution is 0.842. The Morgan fingerprint density at radius 3 is 2.50 bits per heavy atom. The largest absolute Gasteiger partial charge is 0.345 e. The molecule has 1 atom stereocenters. The molecule has 16 heavy (non-hydrogen) atoms. The molecule has 2 rings (SSSR count). The summed E-state index contributed by atoms with van der Waals surface area (Å²) in [5.74, 6) is 0.644. The molecular formula is C11H14N4S. The monoisotopic (exact) mass is 234 g/mol. The number of nitrogens with one attached hydrogen (secondary N) is 1. The van der Waals surface area contributed by atoms with Crippen LogP contribution in [0.25, 0.3) is 0 Å². The van der Waals surface area contributed by atoms with E-state index in [0.29, 0.717) is 5.95 Å². The van der Waals surface area contributed by atoms with Gasteiger partial charge in [-0.05, 0) is 26.3 Å². The molecule has 2 aromatic rings. The first-order valence-electron chi connectivity index (χ1n) is 5.12. The lowest BCUT2D eigenvalue weighted by Crippen LogP contribution is -2.09. The van der Waals surface area contributed by atoms with Gasteiger partial charge in [0.2, 0.25) is 5.95 Å². The highest BCUT2D eigenvalue weighted by Crippen LogP contribution is 2.20. The van der Waals surface area contributed by atoms with Gasteiger partial charge in [0.25, 0.3) is 0 Å². The Labute approximate surface area is 98.8 Å². The molecule has 0 amide bonds. The van der Waals surface area contributed by atoms with E-state index in [9.17, 15) is 0 Å². The molecular weight excluding hydrogens is 220 g/mol. The van der Waals surface area contributed by atoms with Gasteiger partial charge in [-0.3, -0.25) is 0 Å². The molecule has 2 heterocycles. The third-order valence-corrected chi connectivity index (χ3v) is 3.28. The van der Waals surface area contributed by atoms with E-state index in [1.54, 1.807) is 23.7 Å². The number of hydrogen-bond acceptors (Lipinski definition) is 5. The van der Waals surface area contributed by atoms with E-state index in [2.05, 4.69) is 27.2 Å². The summed E-state index contributed by atoms with van der Waals surface area (Å²) in [4.78, 5) is 12.8. The fourth-order valence-corrected chi connectivity index (χ4v) is 2.10. The number of nitrogens with zero attached hydrogens (tertiary/aromatic N) is 3. The van der Waals surface area contributed by atoms with Crippen molar-refractivity contribution >= 4 is 17.3 Å². The maximum Gasteiger partial charge on any atom is 0.223 e. The van der Waals surface area contributed by atoms with E-state index in [1.165, 1.54) is 0 Å². The lowest BCUT2D eigenvalue weighted by Gasteiger charge is -2.10. The molecule has 4 nitrogen and oxygen atoms in total. The van der Waals surface area contributed by atoms with E-state index < -0.39 is 0 Å². The van der Waals surface area contributed by atoms with Crippen LogP contribution in [0.2, 0.25) is 0 Å². The Morgan fingerprint density at radius 2 is 1.94 bits per heavy atom. The van der Waals surface area contributed by atoms with Crippen molar-refractivity contribution in [3.63, 3.8) is 0 Å². The number of anilines is 1. The Morgan fingerprint density at radius 1 is 1.25 bits per heavy atom. The van der Waals surface area contributed by atoms with Crippen LogP contribution in [-0.2, 0) is 0 Å². The van der Waals surface area contributed by atoms with Crippen molar-refractivity contribution in [1.29, 1.82) is 0 Å². The number of thiazole rings is 1. The normalized spacial score (nSPS) is 12.4. The summed E-state index contributed by atoms with van der Waals surface area (Å²) in [6.07, 6.45) is 3.60. The topological polar surface area (TPSA) is 50.7 Å². The summed E-state index contributed by atoms with van der Waals surface area (Å²) >= 11 is 1.65. The molecule has 0 aliphatic heterocycles. The molecule has 84 valence electrons. The highest BCUT2D eigenvalue weighted by molar-refractivity contribution is 7.09. The van der Waals surface area contributed by atoms with Crippen LogP contribution < -0.4 is 5.32 Å². The van der Waals surface area contributed by atoms with Crippen molar-refractivity contribution in [2.75, 3.05) is 5.32 Å². The van der Waals surface area contributed by atoms with Gasteiger partial charge in [0.05, 0.1) is 6.04 Å². The second kappa shape index (κ2) is 4.57. The van der Waals surface area contributed by atoms with Gasteiger partial charge in [0.1, 0.15) is 5.01 Å². The molecule has 1 unspecified atom stereocenters. The fourth-order valence-electron chi connectivity index (χ4n) is 1.29. The first-order chi connectivity index (χ1) is 7.65. The predicted octanol–water partition coefficient (Wildman–Crippen LogP) is 2.72. The molecule has 0 bridgehead atoms. The van der Waals surface area contributed by atoms with E-state index >= 15 is 0 Å². The van der Waals surface area contributed by atoms with Gasteiger partial charge in [0, 0.05) is 23.5 Å². The zero-order chi connectivity index (χ0) is 11.5. The Hall–Kier alpha value is -1.49. The molecule has 0 aliphatic carbocycles. The molecule has 0 aliphatic rings. The SMILES string of the molecule is Cc1cnc(NC(C)c2nc(C)cs2)nc1. The molecule has 1 N–H and O–H groups in total. The summed E-state index contributed by atoms with van der Waals surface area (Å²) in [5, 5.41) is 6.33. The maximum atomic E-state index is 4.42. The van der Waals surface area contributed by atoms with Crippen LogP contribution in [0.1, 0.15) is 29.2 Å². The molecule has 0 aromatic carbocycles. The minimum Gasteiger partial charge on any atom is -0.345 e. The Bertz CT molecular complexity index is 463. The summed E-state index contributed by atoms with van der Waals surface area (Å²) in [6.45, 7) is 6.02. The van der Waals surface area contributed by atoms with Gasteiger partial charge in [-0.2, -0.15) is 0 Å². The number of hydrogen-bond donors (Lipinski definition) is 1. The minimum absolute atomic E-state index is 0.140. The van der Waals surface area contributed by atoms with Gasteiger partial charge in [-0.15, -0.1) is 11.3 Å². The molecule has 0 fully saturated rings. The fraction of sp³-hybridized carbons (Fsp3) is 0.364. The van der Waals surface area contributed by atoms with Crippen molar-refractivity contribution < 1.29 is 0 Å². The van der Waals surface area contributed by atoms with Crippen molar-refractivity contribution in [1.82, 2.24) is 15.0 Å². The van der Waals surface area contributed by atoms with Gasteiger partial charge >= 0.3 is 0 Å². The number of aromatic nitrogens is 3. The van der Waals surface area contributed by atoms with Gasteiger partial charge in [0.15, 0.2) is 0 Å². The summed E-state index contributed by atoms with van der Waals surface area (Å²) < 4.78 is 0. The molecule has 5 heteroatoms. The third kappa shape index (κ3) is 2.55. The average molecular weight is 234 g/mol. The quantitative estimate of drug-likeness (QED) is 0.887. The second-order valence-corrected chi connectivity index (χ2v) is 4.67. The molecule has 0 radical (unpaired) electrons. The van der Waals surface area contributed by atoms with E-state index in [0.717, 1.165) is 16.3 Å². The summed E-state index contributed by atoms with van der Waals surface area (Å²) in [7, 11) is 0. The molecule has 0 saturated carbocycles. The van der Waals surface area contributed by atoms with Crippen LogP contribution in [0.5, 0.6) is 0 Å². The first-order valence-corrected chi connectivity index (χ1v) is 6.00. The highest BCUT2D eigenvalue weighted by atomic mass is 32.1. The first kappa shape index (κ1) is 11.0. The van der Waals surface area contributed by atoms with Crippen molar-refractivity contribution in [3.05, 3.63) is 34.0 Å². The van der Waals surface area contributed by atoms with Crippen LogP contribution in [-0.4, -0.2) is 15.0 Å². The third-order valence-electron chi connectivity index (χ3n) is 2.13. The van der Waals surface area contributed by atoms with Crippen molar-refractivity contribution in [2.45, 2.75) is 26.8 Å². The van der Waals surface area contributed by atoms with Crippen LogP contribution in [0.4, 0.5) is 5.95 Å². The highest BCUT2D eigenvalue weighted by Gasteiger charge is 2.09. The predicted molar refractivity (Wildman–Crippen MR) is 65.7 cm³/mol. The minimum atomic E-state index is 0.140. The Balaban J connectivity index is 2.07. The van der Waals surface area contributed by atoms with Crippen LogP contribution >= 0.6 is 11.3 Å². The Kier molecular flexibility index (Phi) is 3.14. The molecule has 2 aromatic heterocycles. The second-order valence-electron chi connectivity index (χ2n) is 3.78. The van der Waals surface area contributed by atoms with Crippen molar-refractivity contribution in [2.24, 2.45) is 0 Å². The smallest absolute Gasteiger partial charge is 0.223 e. The summed E-state index contributed by atoms with van der Waals surface area (Å²) in [5.41, 5.74) is 2.11. The molecule has 0 saturated heterocycles. The van der Waals surface area contributed by atoms with Crippen molar-refractivity contribution in [3.8, 4) is 0 Å². The lowest BCUT2D eigenvalue weighted by atomic mass is 10.3.